The molecule has 20 aromatic rings. The van der Waals surface area contributed by atoms with Gasteiger partial charge in [0.1, 0.15) is 11.4 Å². The molecular formula is C140H126N4O2. The maximum absolute atomic E-state index is 6.34. The predicted octanol–water partition coefficient (Wildman–Crippen LogP) is 39.2. The van der Waals surface area contributed by atoms with Crippen LogP contribution >= 0.6 is 0 Å². The van der Waals surface area contributed by atoms with Crippen LogP contribution in [0.3, 0.4) is 0 Å². The van der Waals surface area contributed by atoms with Gasteiger partial charge in [0.05, 0.1) is 35.0 Å². The average Bonchev–Trinajstić information content (AvgIpc) is 1.54. The van der Waals surface area contributed by atoms with E-state index in [1.165, 1.54) is 176 Å². The lowest BCUT2D eigenvalue weighted by atomic mass is 9.59. The minimum atomic E-state index is -0.250. The Kier molecular flexibility index (Phi) is 24.1. The number of rotatable bonds is 16. The van der Waals surface area contributed by atoms with E-state index in [0.717, 1.165) is 82.1 Å². The van der Waals surface area contributed by atoms with Gasteiger partial charge in [-0.15, -0.1) is 0 Å². The lowest BCUT2D eigenvalue weighted by Gasteiger charge is -2.44. The van der Waals surface area contributed by atoms with Crippen LogP contribution in [0.2, 0.25) is 0 Å². The van der Waals surface area contributed by atoms with Crippen LogP contribution in [0.25, 0.3) is 87.6 Å². The third kappa shape index (κ3) is 16.9. The Balaban J connectivity index is 0.000000104. The lowest BCUT2D eigenvalue weighted by molar-refractivity contribution is 0.0712. The highest BCUT2D eigenvalue weighted by Crippen LogP contribution is 2.64. The smallest absolute Gasteiger partial charge is 0.124 e. The summed E-state index contributed by atoms with van der Waals surface area (Å²) in [4.78, 5) is 9.52. The quantitative estimate of drug-likeness (QED) is 0.0958. The zero-order chi connectivity index (χ0) is 99.2. The summed E-state index contributed by atoms with van der Waals surface area (Å²) in [5, 5.41) is 9.97. The summed E-state index contributed by atoms with van der Waals surface area (Å²) in [7, 11) is 0. The van der Waals surface area contributed by atoms with Crippen molar-refractivity contribution in [2.24, 2.45) is 17.3 Å². The van der Waals surface area contributed by atoms with Gasteiger partial charge in [-0.25, -0.2) is 0 Å². The van der Waals surface area contributed by atoms with Crippen LogP contribution in [0.4, 0.5) is 68.2 Å². The van der Waals surface area contributed by atoms with Crippen LogP contribution in [0.5, 0.6) is 5.75 Å². The van der Waals surface area contributed by atoms with E-state index in [4.69, 9.17) is 9.47 Å². The molecule has 3 fully saturated rings. The Morgan fingerprint density at radius 1 is 0.212 bits per heavy atom. The van der Waals surface area contributed by atoms with Crippen molar-refractivity contribution >= 4 is 111 Å². The van der Waals surface area contributed by atoms with E-state index in [0.29, 0.717) is 6.10 Å². The SMILES string of the molecule is CC1(C)Oc2ccc(-c3cc(N(c4ccccc4)c4ccccc4)c4ccccc4c3)cc2C1(C)C.CC1(C)c2ccc(-c3cc(N(c4ccccc4)c4ccccc4)c4ccccc4c3)cc2C(C)(C)C1(C)C.c1ccc(N(c2ccccc2)c2cc(-c3ccc4c(c3)C3CC5CC(CC4C5)C3)cc3ccccc23)cc1.c1ccc(N(c2ccccc2)c2cc(-c3ccc4c(c3)C3CCC4O3)cc3ccccc23)cc1. The third-order valence-corrected chi connectivity index (χ3v) is 34.7. The Morgan fingerprint density at radius 3 is 0.836 bits per heavy atom. The molecule has 28 rings (SSSR count). The first-order chi connectivity index (χ1) is 71.1. The van der Waals surface area contributed by atoms with Gasteiger partial charge in [0, 0.05) is 78.0 Å². The summed E-state index contributed by atoms with van der Waals surface area (Å²) in [6.45, 7) is 23.4. The summed E-state index contributed by atoms with van der Waals surface area (Å²) < 4.78 is 12.5. The van der Waals surface area contributed by atoms with Crippen LogP contribution in [0, 0.1) is 17.3 Å². The molecule has 3 heterocycles. The van der Waals surface area contributed by atoms with Gasteiger partial charge in [0.2, 0.25) is 0 Å². The number of nitrogens with zero attached hydrogens (tertiary/aromatic N) is 4. The molecule has 1 saturated heterocycles. The molecule has 146 heavy (non-hydrogen) atoms. The fourth-order valence-electron chi connectivity index (χ4n) is 25.4. The highest BCUT2D eigenvalue weighted by atomic mass is 16.5. The highest BCUT2D eigenvalue weighted by Gasteiger charge is 2.57. The summed E-state index contributed by atoms with van der Waals surface area (Å²) in [6.07, 6.45) is 9.99. The van der Waals surface area contributed by atoms with Crippen molar-refractivity contribution in [2.45, 2.75) is 160 Å². The van der Waals surface area contributed by atoms with E-state index >= 15 is 0 Å². The van der Waals surface area contributed by atoms with E-state index in [-0.39, 0.29) is 33.4 Å². The standard InChI is InChI=1S/C37H33N.C37H37N.C34H31NO.C32H25NO/c1-3-10-32(11-4-1)38(33-12-5-2-6-13-33)37-24-29(22-28-9-7-8-14-35(28)37)27-15-16-34-30-18-25-17-26(19-30)21-31(20-25)36(34)23-27;1-35(2)32-22-21-26(24-33(32)36(3,4)37(35,5)6)28-23-27-15-13-14-20-31(27)34(25-28)38(29-16-9-7-10-17-29)30-18-11-8-12-19-30;1-33(2)30-22-24(19-20-32(30)36-34(33,3)4)26-21-25-13-11-12-18-29(25)31(23-26)35(27-14-7-5-8-15-27)28-16-9-6-10-17-28;1-3-10-25(11-4-1)33(26-12-5-2-6-13-26)30-21-24(19-23-9-7-8-14-27(23)30)22-15-16-28-29(20-22)32-18-17-31(28)34-32/h1-16,22-26,30-31H,17-21H2;7-25H,1-6H3;5-23H,1-4H3;1-16,19-21,31-32H,17-18H2. The minimum Gasteiger partial charge on any atom is -0.487 e. The molecule has 3 aliphatic heterocycles. The average molecular weight is 1900 g/mol. The molecule has 0 N–H and O–H groups in total. The van der Waals surface area contributed by atoms with Crippen molar-refractivity contribution in [1.29, 1.82) is 0 Å². The first kappa shape index (κ1) is 92.8. The van der Waals surface area contributed by atoms with Crippen LogP contribution in [-0.2, 0) is 21.0 Å². The molecule has 0 radical (unpaired) electrons. The van der Waals surface area contributed by atoms with Crippen molar-refractivity contribution in [2.75, 3.05) is 19.6 Å². The predicted molar refractivity (Wildman–Crippen MR) is 615 cm³/mol. The molecule has 2 saturated carbocycles. The van der Waals surface area contributed by atoms with Gasteiger partial charge in [-0.2, -0.15) is 0 Å². The zero-order valence-electron chi connectivity index (χ0n) is 85.4. The molecule has 0 spiro atoms. The van der Waals surface area contributed by atoms with E-state index in [1.807, 2.05) is 0 Å². The Bertz CT molecular complexity index is 8050. The van der Waals surface area contributed by atoms with Gasteiger partial charge in [-0.05, 0) is 362 Å². The first-order valence-electron chi connectivity index (χ1n) is 52.8. The number of hydrogen-bond acceptors (Lipinski definition) is 6. The fourth-order valence-corrected chi connectivity index (χ4v) is 25.4. The Morgan fingerprint density at radius 2 is 0.486 bits per heavy atom. The number of ether oxygens (including phenoxy) is 2. The number of fused-ring (bicyclic) bond motifs is 11. The minimum absolute atomic E-state index is 0.0711. The first-order valence-corrected chi connectivity index (χ1v) is 52.8. The second-order valence-corrected chi connectivity index (χ2v) is 44.2. The van der Waals surface area contributed by atoms with E-state index in [2.05, 4.69) is 550 Å². The molecule has 4 unspecified atom stereocenters. The zero-order valence-corrected chi connectivity index (χ0v) is 85.4. The third-order valence-electron chi connectivity index (χ3n) is 34.7. The molecule has 6 heteroatoms. The van der Waals surface area contributed by atoms with Crippen molar-refractivity contribution in [3.05, 3.63) is 500 Å². The second kappa shape index (κ2) is 37.9. The number of hydrogen-bond donors (Lipinski definition) is 0. The van der Waals surface area contributed by atoms with Crippen molar-refractivity contribution in [3.63, 3.8) is 0 Å². The lowest BCUT2D eigenvalue weighted by Crippen LogP contribution is -2.42. The second-order valence-electron chi connectivity index (χ2n) is 44.2. The monoisotopic (exact) mass is 1890 g/mol. The molecule has 0 amide bonds. The molecular weight excluding hydrogens is 1770 g/mol. The molecule has 718 valence electrons. The molecule has 6 nitrogen and oxygen atoms in total. The number of benzene rings is 20. The van der Waals surface area contributed by atoms with Gasteiger partial charge in [-0.3, -0.25) is 0 Å². The van der Waals surface area contributed by atoms with E-state index in [1.54, 1.807) is 11.1 Å². The van der Waals surface area contributed by atoms with Gasteiger partial charge >= 0.3 is 0 Å². The van der Waals surface area contributed by atoms with E-state index in [9.17, 15) is 0 Å². The maximum atomic E-state index is 6.34. The molecule has 0 aromatic heterocycles. The van der Waals surface area contributed by atoms with Crippen molar-refractivity contribution in [3.8, 4) is 50.3 Å². The van der Waals surface area contributed by atoms with Gasteiger partial charge in [-0.1, -0.05) is 353 Å². The number of para-hydroxylation sites is 8. The topological polar surface area (TPSA) is 31.4 Å². The Labute approximate surface area is 861 Å². The van der Waals surface area contributed by atoms with Crippen LogP contribution in [-0.4, -0.2) is 5.60 Å². The van der Waals surface area contributed by atoms with Crippen LogP contribution in [0.15, 0.2) is 461 Å². The maximum Gasteiger partial charge on any atom is 0.124 e. The molecule has 20 aromatic carbocycles. The molecule has 5 aliphatic carbocycles. The normalized spacial score (nSPS) is 18.5. The fraction of sp³-hybridized carbons (Fsp3) is 0.200. The van der Waals surface area contributed by atoms with Gasteiger partial charge in [0.25, 0.3) is 0 Å². The number of anilines is 12. The molecule has 4 atom stereocenters. The summed E-state index contributed by atoms with van der Waals surface area (Å²) in [5.41, 5.74) is 34.4. The van der Waals surface area contributed by atoms with E-state index < -0.39 is 0 Å². The largest absolute Gasteiger partial charge is 0.487 e. The highest BCUT2D eigenvalue weighted by molar-refractivity contribution is 6.07. The van der Waals surface area contributed by atoms with Crippen LogP contribution in [0.1, 0.15) is 177 Å². The van der Waals surface area contributed by atoms with Gasteiger partial charge < -0.3 is 29.1 Å². The van der Waals surface area contributed by atoms with Gasteiger partial charge in [0.15, 0.2) is 0 Å². The Hall–Kier alpha value is -15.6. The summed E-state index contributed by atoms with van der Waals surface area (Å²) >= 11 is 0. The van der Waals surface area contributed by atoms with Crippen LogP contribution < -0.4 is 24.3 Å². The van der Waals surface area contributed by atoms with Crippen molar-refractivity contribution < 1.29 is 9.47 Å². The molecule has 8 aliphatic rings. The summed E-state index contributed by atoms with van der Waals surface area (Å²) in [5.74, 6) is 4.43. The molecule has 6 bridgehead atoms. The van der Waals surface area contributed by atoms with Crippen molar-refractivity contribution in [1.82, 2.24) is 0 Å². The summed E-state index contributed by atoms with van der Waals surface area (Å²) in [6, 6.07) is 168.